The second kappa shape index (κ2) is 12.5. The highest BCUT2D eigenvalue weighted by Gasteiger charge is 2.08. The number of benzene rings is 2. The number of para-hydroxylation sites is 4. The SMILES string of the molecule is CS(=O)(=O)OCCOc1ccccc1OCCOc1ccccc1OCCOS(C)(=O)=O. The van der Waals surface area contributed by atoms with E-state index in [0.29, 0.717) is 23.0 Å². The Morgan fingerprint density at radius 3 is 1.00 bits per heavy atom. The second-order valence-electron chi connectivity index (χ2n) is 6.34. The lowest BCUT2D eigenvalue weighted by molar-refractivity contribution is 0.185. The zero-order valence-electron chi connectivity index (χ0n) is 17.8. The van der Waals surface area contributed by atoms with E-state index in [2.05, 4.69) is 8.37 Å². The average molecular weight is 491 g/mol. The maximum atomic E-state index is 11.0. The van der Waals surface area contributed by atoms with Crippen LogP contribution in [0.25, 0.3) is 0 Å². The Morgan fingerprint density at radius 1 is 0.500 bits per heavy atom. The van der Waals surface area contributed by atoms with E-state index in [1.807, 2.05) is 0 Å². The number of ether oxygens (including phenoxy) is 4. The van der Waals surface area contributed by atoms with Crippen molar-refractivity contribution in [2.75, 3.05) is 52.2 Å². The quantitative estimate of drug-likeness (QED) is 0.270. The van der Waals surface area contributed by atoms with Gasteiger partial charge >= 0.3 is 0 Å². The minimum Gasteiger partial charge on any atom is -0.487 e. The molecule has 0 bridgehead atoms. The fourth-order valence-corrected chi connectivity index (χ4v) is 3.10. The average Bonchev–Trinajstić information content (AvgIpc) is 2.72. The standard InChI is InChI=1S/C20H26O10S2/c1-31(21,22)29-15-13-27-19-9-5-3-7-17(19)25-11-12-26-18-8-4-6-10-20(18)28-14-16-30-32(2,23)24/h3-10H,11-16H2,1-2H3. The van der Waals surface area contributed by atoms with Gasteiger partial charge in [-0.15, -0.1) is 0 Å². The van der Waals surface area contributed by atoms with Gasteiger partial charge in [-0.2, -0.15) is 16.8 Å². The fourth-order valence-electron chi connectivity index (χ4n) is 2.35. The van der Waals surface area contributed by atoms with Gasteiger partial charge in [-0.1, -0.05) is 24.3 Å². The third kappa shape index (κ3) is 10.7. The van der Waals surface area contributed by atoms with E-state index in [4.69, 9.17) is 18.9 Å². The molecule has 178 valence electrons. The highest BCUT2D eigenvalue weighted by atomic mass is 32.2. The molecule has 0 aliphatic heterocycles. The Kier molecular flexibility index (Phi) is 10.0. The summed E-state index contributed by atoms with van der Waals surface area (Å²) in [5, 5.41) is 0. The summed E-state index contributed by atoms with van der Waals surface area (Å²) in [5.74, 6) is 1.83. The van der Waals surface area contributed by atoms with E-state index >= 15 is 0 Å². The summed E-state index contributed by atoms with van der Waals surface area (Å²) < 4.78 is 75.6. The zero-order valence-corrected chi connectivity index (χ0v) is 19.4. The van der Waals surface area contributed by atoms with Crippen LogP contribution >= 0.6 is 0 Å². The molecule has 32 heavy (non-hydrogen) atoms. The molecular weight excluding hydrogens is 464 g/mol. The first-order valence-electron chi connectivity index (χ1n) is 9.52. The van der Waals surface area contributed by atoms with E-state index in [1.54, 1.807) is 48.5 Å². The molecule has 0 aromatic heterocycles. The van der Waals surface area contributed by atoms with Gasteiger partial charge in [0, 0.05) is 0 Å². The Bertz CT molecular complexity index is 966. The Morgan fingerprint density at radius 2 is 0.750 bits per heavy atom. The van der Waals surface area contributed by atoms with Gasteiger partial charge in [-0.05, 0) is 24.3 Å². The van der Waals surface area contributed by atoms with Crippen LogP contribution < -0.4 is 18.9 Å². The van der Waals surface area contributed by atoms with Crippen molar-refractivity contribution >= 4 is 20.2 Å². The van der Waals surface area contributed by atoms with Crippen LogP contribution in [0, 0.1) is 0 Å². The van der Waals surface area contributed by atoms with Crippen molar-refractivity contribution in [1.82, 2.24) is 0 Å². The molecule has 0 spiro atoms. The largest absolute Gasteiger partial charge is 0.487 e. The first-order chi connectivity index (χ1) is 15.1. The Hall–Kier alpha value is -2.54. The molecule has 0 saturated heterocycles. The van der Waals surface area contributed by atoms with Gasteiger partial charge in [0.25, 0.3) is 20.2 Å². The zero-order chi connectivity index (χ0) is 23.5. The van der Waals surface area contributed by atoms with E-state index in [-0.39, 0.29) is 39.6 Å². The molecular formula is C20H26O10S2. The van der Waals surface area contributed by atoms with E-state index < -0.39 is 20.2 Å². The molecule has 0 fully saturated rings. The maximum Gasteiger partial charge on any atom is 0.264 e. The summed E-state index contributed by atoms with van der Waals surface area (Å²) >= 11 is 0. The maximum absolute atomic E-state index is 11.0. The summed E-state index contributed by atoms with van der Waals surface area (Å²) in [6, 6.07) is 13.9. The predicted molar refractivity (Wildman–Crippen MR) is 116 cm³/mol. The third-order valence-electron chi connectivity index (χ3n) is 3.57. The van der Waals surface area contributed by atoms with Gasteiger partial charge in [-0.25, -0.2) is 0 Å². The lowest BCUT2D eigenvalue weighted by Crippen LogP contribution is -2.14. The van der Waals surface area contributed by atoms with Crippen LogP contribution in [0.1, 0.15) is 0 Å². The topological polar surface area (TPSA) is 124 Å². The normalized spacial score (nSPS) is 11.7. The highest BCUT2D eigenvalue weighted by molar-refractivity contribution is 7.86. The minimum absolute atomic E-state index is 0.0394. The van der Waals surface area contributed by atoms with Gasteiger partial charge in [0.05, 0.1) is 12.5 Å². The minimum atomic E-state index is -3.52. The predicted octanol–water partition coefficient (Wildman–Crippen LogP) is 1.85. The van der Waals surface area contributed by atoms with Gasteiger partial charge in [0.2, 0.25) is 0 Å². The van der Waals surface area contributed by atoms with Gasteiger partial charge < -0.3 is 18.9 Å². The second-order valence-corrected chi connectivity index (χ2v) is 9.63. The summed E-state index contributed by atoms with van der Waals surface area (Å²) in [5.41, 5.74) is 0. The van der Waals surface area contributed by atoms with Crippen LogP contribution in [0.4, 0.5) is 0 Å². The molecule has 0 heterocycles. The van der Waals surface area contributed by atoms with Crippen LogP contribution in [0.15, 0.2) is 48.5 Å². The number of rotatable bonds is 15. The first kappa shape index (κ1) is 25.7. The monoisotopic (exact) mass is 490 g/mol. The molecule has 0 saturated carbocycles. The Balaban J connectivity index is 1.79. The highest BCUT2D eigenvalue weighted by Crippen LogP contribution is 2.28. The molecule has 2 aromatic carbocycles. The smallest absolute Gasteiger partial charge is 0.264 e. The molecule has 0 aliphatic carbocycles. The molecule has 10 nitrogen and oxygen atoms in total. The molecule has 0 atom stereocenters. The van der Waals surface area contributed by atoms with Crippen molar-refractivity contribution in [3.8, 4) is 23.0 Å². The lowest BCUT2D eigenvalue weighted by atomic mass is 10.3. The van der Waals surface area contributed by atoms with Crippen LogP contribution in [0.5, 0.6) is 23.0 Å². The van der Waals surface area contributed by atoms with Crippen molar-refractivity contribution in [1.29, 1.82) is 0 Å². The summed E-state index contributed by atoms with van der Waals surface area (Å²) in [4.78, 5) is 0. The van der Waals surface area contributed by atoms with Gasteiger partial charge in [-0.3, -0.25) is 8.37 Å². The van der Waals surface area contributed by atoms with Crippen LogP contribution in [0.3, 0.4) is 0 Å². The van der Waals surface area contributed by atoms with Crippen molar-refractivity contribution in [3.05, 3.63) is 48.5 Å². The van der Waals surface area contributed by atoms with Gasteiger partial charge in [0.15, 0.2) is 23.0 Å². The van der Waals surface area contributed by atoms with Crippen molar-refractivity contribution in [3.63, 3.8) is 0 Å². The molecule has 0 radical (unpaired) electrons. The molecule has 2 aromatic rings. The van der Waals surface area contributed by atoms with Crippen molar-refractivity contribution in [2.24, 2.45) is 0 Å². The van der Waals surface area contributed by atoms with Crippen LogP contribution in [-0.4, -0.2) is 69.0 Å². The first-order valence-corrected chi connectivity index (χ1v) is 13.2. The van der Waals surface area contributed by atoms with E-state index in [9.17, 15) is 16.8 Å². The molecule has 0 amide bonds. The summed E-state index contributed by atoms with van der Waals surface area (Å²) in [7, 11) is -7.04. The molecule has 0 aliphatic rings. The van der Waals surface area contributed by atoms with Crippen molar-refractivity contribution in [2.45, 2.75) is 0 Å². The van der Waals surface area contributed by atoms with E-state index in [1.165, 1.54) is 0 Å². The molecule has 2 rings (SSSR count). The number of hydrogen-bond donors (Lipinski definition) is 0. The summed E-state index contributed by atoms with van der Waals surface area (Å²) in [6.07, 6.45) is 1.94. The lowest BCUT2D eigenvalue weighted by Gasteiger charge is -2.14. The van der Waals surface area contributed by atoms with Gasteiger partial charge in [0.1, 0.15) is 39.6 Å². The fraction of sp³-hybridized carbons (Fsp3) is 0.400. The molecule has 0 N–H and O–H groups in total. The third-order valence-corrected chi connectivity index (χ3v) is 4.76. The Labute approximate surface area is 188 Å². The van der Waals surface area contributed by atoms with Crippen LogP contribution in [-0.2, 0) is 28.6 Å². The molecule has 0 unspecified atom stereocenters. The van der Waals surface area contributed by atoms with Crippen LogP contribution in [0.2, 0.25) is 0 Å². The number of hydrogen-bond acceptors (Lipinski definition) is 10. The van der Waals surface area contributed by atoms with E-state index in [0.717, 1.165) is 12.5 Å². The van der Waals surface area contributed by atoms with Crippen molar-refractivity contribution < 1.29 is 44.1 Å². The molecule has 12 heteroatoms. The summed E-state index contributed by atoms with van der Waals surface area (Å²) in [6.45, 7) is 0.261.